The first-order chi connectivity index (χ1) is 11.5. The maximum Gasteiger partial charge on any atom is 0.171 e. The van der Waals surface area contributed by atoms with Gasteiger partial charge < -0.3 is 9.80 Å². The molecule has 1 saturated heterocycles. The third-order valence-electron chi connectivity index (χ3n) is 4.60. The Morgan fingerprint density at radius 2 is 1.83 bits per heavy atom. The molecule has 0 saturated carbocycles. The lowest BCUT2D eigenvalue weighted by Crippen LogP contribution is -2.44. The SMILES string of the molecule is CCS(=O)(=O)C=Cc1ccc2cccc(N3CCN(C)CC3)c2c1. The third kappa shape index (κ3) is 3.79. The fourth-order valence-corrected chi connectivity index (χ4v) is 3.54. The average molecular weight is 344 g/mol. The van der Waals surface area contributed by atoms with E-state index >= 15 is 0 Å². The van der Waals surface area contributed by atoms with E-state index in [4.69, 9.17) is 0 Å². The highest BCUT2D eigenvalue weighted by Gasteiger charge is 2.16. The van der Waals surface area contributed by atoms with Crippen molar-refractivity contribution in [2.75, 3.05) is 43.9 Å². The van der Waals surface area contributed by atoms with Gasteiger partial charge in [0.25, 0.3) is 0 Å². The van der Waals surface area contributed by atoms with Crippen molar-refractivity contribution in [2.45, 2.75) is 6.92 Å². The van der Waals surface area contributed by atoms with Gasteiger partial charge in [-0.1, -0.05) is 31.2 Å². The zero-order chi connectivity index (χ0) is 17.2. The van der Waals surface area contributed by atoms with Gasteiger partial charge in [-0.3, -0.25) is 0 Å². The first-order valence-electron chi connectivity index (χ1n) is 8.35. The number of hydrogen-bond acceptors (Lipinski definition) is 4. The third-order valence-corrected chi connectivity index (χ3v) is 5.95. The summed E-state index contributed by atoms with van der Waals surface area (Å²) in [4.78, 5) is 4.75. The van der Waals surface area contributed by atoms with Gasteiger partial charge in [0.05, 0.1) is 5.75 Å². The van der Waals surface area contributed by atoms with Crippen LogP contribution < -0.4 is 4.90 Å². The Bertz CT molecular complexity index is 851. The average Bonchev–Trinajstić information content (AvgIpc) is 2.60. The Kier molecular flexibility index (Phi) is 4.92. The van der Waals surface area contributed by atoms with Crippen LogP contribution in [0.25, 0.3) is 16.8 Å². The van der Waals surface area contributed by atoms with Gasteiger partial charge in [-0.05, 0) is 36.2 Å². The Hall–Kier alpha value is -1.85. The van der Waals surface area contributed by atoms with E-state index in [1.165, 1.54) is 21.9 Å². The molecule has 0 amide bonds. The molecule has 0 spiro atoms. The second kappa shape index (κ2) is 6.95. The number of benzene rings is 2. The van der Waals surface area contributed by atoms with Crippen molar-refractivity contribution in [3.8, 4) is 0 Å². The smallest absolute Gasteiger partial charge is 0.171 e. The molecule has 128 valence electrons. The van der Waals surface area contributed by atoms with E-state index in [0.29, 0.717) is 0 Å². The predicted molar refractivity (Wildman–Crippen MR) is 102 cm³/mol. The van der Waals surface area contributed by atoms with E-state index in [0.717, 1.165) is 31.7 Å². The number of sulfone groups is 1. The van der Waals surface area contributed by atoms with Crippen LogP contribution in [0.4, 0.5) is 5.69 Å². The lowest BCUT2D eigenvalue weighted by atomic mass is 10.0. The summed E-state index contributed by atoms with van der Waals surface area (Å²) in [6, 6.07) is 12.5. The van der Waals surface area contributed by atoms with Crippen molar-refractivity contribution in [3.63, 3.8) is 0 Å². The molecule has 0 unspecified atom stereocenters. The Labute approximate surface area is 144 Å². The minimum absolute atomic E-state index is 0.129. The van der Waals surface area contributed by atoms with E-state index in [1.54, 1.807) is 13.0 Å². The molecule has 1 aliphatic heterocycles. The van der Waals surface area contributed by atoms with Gasteiger partial charge in [-0.2, -0.15) is 0 Å². The van der Waals surface area contributed by atoms with E-state index in [1.807, 2.05) is 6.07 Å². The molecule has 1 fully saturated rings. The van der Waals surface area contributed by atoms with Gasteiger partial charge in [-0.15, -0.1) is 0 Å². The lowest BCUT2D eigenvalue weighted by molar-refractivity contribution is 0.313. The van der Waals surface area contributed by atoms with E-state index in [2.05, 4.69) is 47.2 Å². The number of anilines is 1. The topological polar surface area (TPSA) is 40.6 Å². The van der Waals surface area contributed by atoms with Gasteiger partial charge in [0, 0.05) is 42.7 Å². The minimum atomic E-state index is -3.10. The minimum Gasteiger partial charge on any atom is -0.368 e. The molecule has 0 aromatic heterocycles. The molecular weight excluding hydrogens is 320 g/mol. The van der Waals surface area contributed by atoms with Gasteiger partial charge in [-0.25, -0.2) is 8.42 Å². The molecule has 3 rings (SSSR count). The molecule has 5 heteroatoms. The van der Waals surface area contributed by atoms with Gasteiger partial charge in [0.15, 0.2) is 9.84 Å². The van der Waals surface area contributed by atoms with E-state index in [-0.39, 0.29) is 5.75 Å². The van der Waals surface area contributed by atoms with Crippen molar-refractivity contribution >= 4 is 32.4 Å². The fourth-order valence-electron chi connectivity index (χ4n) is 2.98. The number of nitrogens with zero attached hydrogens (tertiary/aromatic N) is 2. The van der Waals surface area contributed by atoms with Crippen LogP contribution in [0.3, 0.4) is 0 Å². The number of fused-ring (bicyclic) bond motifs is 1. The van der Waals surface area contributed by atoms with Crippen LogP contribution in [0.5, 0.6) is 0 Å². The van der Waals surface area contributed by atoms with Crippen LogP contribution in [-0.2, 0) is 9.84 Å². The van der Waals surface area contributed by atoms with Crippen molar-refractivity contribution in [2.24, 2.45) is 0 Å². The summed E-state index contributed by atoms with van der Waals surface area (Å²) < 4.78 is 23.4. The van der Waals surface area contributed by atoms with Crippen LogP contribution in [0.15, 0.2) is 41.8 Å². The molecule has 1 aliphatic rings. The molecule has 24 heavy (non-hydrogen) atoms. The molecule has 0 radical (unpaired) electrons. The first-order valence-corrected chi connectivity index (χ1v) is 10.1. The van der Waals surface area contributed by atoms with Gasteiger partial charge in [0.1, 0.15) is 0 Å². The number of piperazine rings is 1. The fraction of sp³-hybridized carbons (Fsp3) is 0.368. The molecule has 0 N–H and O–H groups in total. The van der Waals surface area contributed by atoms with E-state index in [9.17, 15) is 8.42 Å². The summed E-state index contributed by atoms with van der Waals surface area (Å²) in [6.45, 7) is 5.81. The van der Waals surface area contributed by atoms with Crippen molar-refractivity contribution in [3.05, 3.63) is 47.4 Å². The monoisotopic (exact) mass is 344 g/mol. The molecule has 2 aromatic rings. The summed E-state index contributed by atoms with van der Waals surface area (Å²) >= 11 is 0. The number of rotatable bonds is 4. The maximum atomic E-state index is 11.7. The Morgan fingerprint density at radius 1 is 1.08 bits per heavy atom. The van der Waals surface area contributed by atoms with Crippen molar-refractivity contribution in [1.82, 2.24) is 4.90 Å². The molecule has 0 atom stereocenters. The molecule has 2 aromatic carbocycles. The largest absolute Gasteiger partial charge is 0.368 e. The number of likely N-dealkylation sites (N-methyl/N-ethyl adjacent to an activating group) is 1. The van der Waals surface area contributed by atoms with Crippen LogP contribution >= 0.6 is 0 Å². The highest BCUT2D eigenvalue weighted by atomic mass is 32.2. The summed E-state index contributed by atoms with van der Waals surface area (Å²) in [5.41, 5.74) is 2.15. The molecule has 1 heterocycles. The number of hydrogen-bond donors (Lipinski definition) is 0. The summed E-state index contributed by atoms with van der Waals surface area (Å²) in [5, 5.41) is 3.67. The highest BCUT2D eigenvalue weighted by molar-refractivity contribution is 7.94. The van der Waals surface area contributed by atoms with E-state index < -0.39 is 9.84 Å². The molecule has 0 aliphatic carbocycles. The van der Waals surface area contributed by atoms with Gasteiger partial charge in [0.2, 0.25) is 0 Å². The zero-order valence-electron chi connectivity index (χ0n) is 14.3. The maximum absolute atomic E-state index is 11.7. The lowest BCUT2D eigenvalue weighted by Gasteiger charge is -2.34. The van der Waals surface area contributed by atoms with Gasteiger partial charge >= 0.3 is 0 Å². The Balaban J connectivity index is 1.97. The Morgan fingerprint density at radius 3 is 2.54 bits per heavy atom. The van der Waals surface area contributed by atoms with Crippen molar-refractivity contribution in [1.29, 1.82) is 0 Å². The first kappa shape index (κ1) is 17.0. The predicted octanol–water partition coefficient (Wildman–Crippen LogP) is 3.00. The second-order valence-electron chi connectivity index (χ2n) is 6.30. The second-order valence-corrected chi connectivity index (χ2v) is 8.48. The van der Waals surface area contributed by atoms with Crippen LogP contribution in [-0.4, -0.2) is 52.3 Å². The molecule has 4 nitrogen and oxygen atoms in total. The normalized spacial score (nSPS) is 17.0. The van der Waals surface area contributed by atoms with Crippen LogP contribution in [0.1, 0.15) is 12.5 Å². The quantitative estimate of drug-likeness (QED) is 0.855. The van der Waals surface area contributed by atoms with Crippen LogP contribution in [0.2, 0.25) is 0 Å². The highest BCUT2D eigenvalue weighted by Crippen LogP contribution is 2.29. The molecule has 0 bridgehead atoms. The summed E-state index contributed by atoms with van der Waals surface area (Å²) in [7, 11) is -0.954. The summed E-state index contributed by atoms with van der Waals surface area (Å²) in [6.07, 6.45) is 1.69. The standard InChI is InChI=1S/C19H24N2O2S/c1-3-24(22,23)14-9-16-7-8-17-5-4-6-19(18(17)15-16)21-12-10-20(2)11-13-21/h4-9,14-15H,3,10-13H2,1-2H3. The van der Waals surface area contributed by atoms with Crippen molar-refractivity contribution < 1.29 is 8.42 Å². The zero-order valence-corrected chi connectivity index (χ0v) is 15.1. The van der Waals surface area contributed by atoms with Crippen LogP contribution in [0, 0.1) is 0 Å². The summed E-state index contributed by atoms with van der Waals surface area (Å²) in [5.74, 6) is 0.129. The molecular formula is C19H24N2O2S.